The molecule has 0 amide bonds. The summed E-state index contributed by atoms with van der Waals surface area (Å²) in [4.78, 5) is 19.3. The molecule has 0 bridgehead atoms. The lowest BCUT2D eigenvalue weighted by Crippen LogP contribution is -2.23. The van der Waals surface area contributed by atoms with Crippen molar-refractivity contribution in [3.63, 3.8) is 0 Å². The van der Waals surface area contributed by atoms with Gasteiger partial charge < -0.3 is 10.2 Å². The third-order valence-electron chi connectivity index (χ3n) is 3.37. The second-order valence-electron chi connectivity index (χ2n) is 5.84. The van der Waals surface area contributed by atoms with Gasteiger partial charge in [0.2, 0.25) is 0 Å². The van der Waals surface area contributed by atoms with Gasteiger partial charge in [-0.05, 0) is 6.42 Å². The summed E-state index contributed by atoms with van der Waals surface area (Å²) in [6.07, 6.45) is 11.6. The molecule has 0 unspecified atom stereocenters. The highest BCUT2D eigenvalue weighted by molar-refractivity contribution is 7.83. The molecule has 0 saturated heterocycles. The van der Waals surface area contributed by atoms with Crippen LogP contribution in [0.3, 0.4) is 0 Å². The van der Waals surface area contributed by atoms with Gasteiger partial charge in [0.05, 0.1) is 12.8 Å². The highest BCUT2D eigenvalue weighted by Gasteiger charge is 2.01. The molecule has 25 heavy (non-hydrogen) atoms. The standard InChI is InChI=1S/C12H27NO3S.C4H6O4/c1-2-3-4-5-6-7-8-9-10-11-12-13-17(14,15)16;5-3(6)1-2-4(7)8/h13H,2-12H2,1H3,(H,14,15,16);1-2H2,(H,5,6)(H,7,8). The van der Waals surface area contributed by atoms with Crippen LogP contribution >= 0.6 is 0 Å². The number of hydrogen-bond acceptors (Lipinski definition) is 4. The lowest BCUT2D eigenvalue weighted by Gasteiger charge is -2.02. The zero-order chi connectivity index (χ0) is 19.6. The van der Waals surface area contributed by atoms with Crippen LogP contribution < -0.4 is 4.72 Å². The normalized spacial score (nSPS) is 10.8. The van der Waals surface area contributed by atoms with Crippen molar-refractivity contribution in [1.82, 2.24) is 4.72 Å². The second-order valence-corrected chi connectivity index (χ2v) is 7.08. The zero-order valence-electron chi connectivity index (χ0n) is 15.1. The number of carboxylic acid groups (broad SMARTS) is 2. The fourth-order valence-corrected chi connectivity index (χ4v) is 2.43. The van der Waals surface area contributed by atoms with Gasteiger partial charge in [-0.25, -0.2) is 0 Å². The van der Waals surface area contributed by atoms with Crippen molar-refractivity contribution in [3.8, 4) is 0 Å². The fraction of sp³-hybridized carbons (Fsp3) is 0.875. The summed E-state index contributed by atoms with van der Waals surface area (Å²) in [6.45, 7) is 2.57. The molecule has 8 nitrogen and oxygen atoms in total. The number of nitrogens with one attached hydrogen (secondary N) is 1. The summed E-state index contributed by atoms with van der Waals surface area (Å²) in [5.74, 6) is -2.15. The number of rotatable bonds is 15. The fourth-order valence-electron chi connectivity index (χ4n) is 2.03. The summed E-state index contributed by atoms with van der Waals surface area (Å²) < 4.78 is 31.2. The summed E-state index contributed by atoms with van der Waals surface area (Å²) in [5.41, 5.74) is 0. The molecule has 0 aromatic heterocycles. The van der Waals surface area contributed by atoms with Crippen LogP contribution in [0.5, 0.6) is 0 Å². The first-order chi connectivity index (χ1) is 11.7. The monoisotopic (exact) mass is 383 g/mol. The average Bonchev–Trinajstić information content (AvgIpc) is 2.50. The van der Waals surface area contributed by atoms with Gasteiger partial charge in [0, 0.05) is 6.54 Å². The minimum atomic E-state index is -3.98. The molecule has 0 radical (unpaired) electrons. The summed E-state index contributed by atoms with van der Waals surface area (Å²) >= 11 is 0. The third kappa shape index (κ3) is 31.1. The average molecular weight is 384 g/mol. The second kappa shape index (κ2) is 17.6. The van der Waals surface area contributed by atoms with Crippen LogP contribution in [0.4, 0.5) is 0 Å². The maximum atomic E-state index is 10.3. The highest BCUT2D eigenvalue weighted by atomic mass is 32.2. The van der Waals surface area contributed by atoms with E-state index in [0.717, 1.165) is 19.3 Å². The van der Waals surface area contributed by atoms with E-state index in [4.69, 9.17) is 14.8 Å². The van der Waals surface area contributed by atoms with Gasteiger partial charge in [-0.1, -0.05) is 64.7 Å². The van der Waals surface area contributed by atoms with Crippen LogP contribution in [0.25, 0.3) is 0 Å². The van der Waals surface area contributed by atoms with E-state index in [1.807, 2.05) is 0 Å². The molecular formula is C16H33NO7S. The Bertz CT molecular complexity index is 424. The quantitative estimate of drug-likeness (QED) is 0.251. The van der Waals surface area contributed by atoms with E-state index in [-0.39, 0.29) is 12.8 Å². The van der Waals surface area contributed by atoms with Gasteiger partial charge in [-0.15, -0.1) is 0 Å². The van der Waals surface area contributed by atoms with Gasteiger partial charge in [0.25, 0.3) is 0 Å². The Hall–Kier alpha value is -1.19. The lowest BCUT2D eigenvalue weighted by atomic mass is 10.1. The van der Waals surface area contributed by atoms with Crippen LogP contribution in [0.15, 0.2) is 0 Å². The molecule has 0 atom stereocenters. The van der Waals surface area contributed by atoms with Crippen LogP contribution in [0, 0.1) is 0 Å². The predicted octanol–water partition coefficient (Wildman–Crippen LogP) is 3.24. The molecule has 0 aliphatic heterocycles. The van der Waals surface area contributed by atoms with Crippen LogP contribution in [-0.4, -0.2) is 41.7 Å². The van der Waals surface area contributed by atoms with E-state index in [1.54, 1.807) is 0 Å². The molecule has 0 aliphatic rings. The Morgan fingerprint density at radius 1 is 0.760 bits per heavy atom. The molecule has 0 fully saturated rings. The number of carboxylic acids is 2. The Labute approximate surface area is 150 Å². The van der Waals surface area contributed by atoms with Gasteiger partial charge in [-0.2, -0.15) is 13.1 Å². The minimum Gasteiger partial charge on any atom is -0.481 e. The van der Waals surface area contributed by atoms with E-state index < -0.39 is 22.2 Å². The predicted molar refractivity (Wildman–Crippen MR) is 95.9 cm³/mol. The molecule has 0 aromatic rings. The Morgan fingerprint density at radius 3 is 1.44 bits per heavy atom. The molecule has 0 saturated carbocycles. The first-order valence-electron chi connectivity index (χ1n) is 8.84. The highest BCUT2D eigenvalue weighted by Crippen LogP contribution is 2.10. The molecule has 4 N–H and O–H groups in total. The molecule has 0 aromatic carbocycles. The van der Waals surface area contributed by atoms with Crippen LogP contribution in [-0.2, 0) is 19.9 Å². The van der Waals surface area contributed by atoms with E-state index in [2.05, 4.69) is 11.6 Å². The van der Waals surface area contributed by atoms with Gasteiger partial charge in [0.15, 0.2) is 0 Å². The van der Waals surface area contributed by atoms with Crippen LogP contribution in [0.2, 0.25) is 0 Å². The van der Waals surface area contributed by atoms with Crippen molar-refractivity contribution in [1.29, 1.82) is 0 Å². The number of unbranched alkanes of at least 4 members (excludes halogenated alkanes) is 9. The third-order valence-corrected chi connectivity index (χ3v) is 3.94. The smallest absolute Gasteiger partial charge is 0.333 e. The molecule has 0 spiro atoms. The molecular weight excluding hydrogens is 350 g/mol. The van der Waals surface area contributed by atoms with E-state index in [9.17, 15) is 18.0 Å². The minimum absolute atomic E-state index is 0.296. The number of carbonyl (C=O) groups is 2. The summed E-state index contributed by atoms with van der Waals surface area (Å²) in [6, 6.07) is 0. The van der Waals surface area contributed by atoms with E-state index in [1.165, 1.54) is 44.9 Å². The molecule has 0 aliphatic carbocycles. The molecule has 9 heteroatoms. The maximum Gasteiger partial charge on any atom is 0.333 e. The van der Waals surface area contributed by atoms with Crippen molar-refractivity contribution in [2.24, 2.45) is 0 Å². The van der Waals surface area contributed by atoms with Crippen molar-refractivity contribution in [3.05, 3.63) is 0 Å². The largest absolute Gasteiger partial charge is 0.481 e. The van der Waals surface area contributed by atoms with Crippen molar-refractivity contribution >= 4 is 22.2 Å². The van der Waals surface area contributed by atoms with Crippen molar-refractivity contribution in [2.75, 3.05) is 6.54 Å². The number of aliphatic carboxylic acids is 2. The summed E-state index contributed by atoms with van der Waals surface area (Å²) in [7, 11) is -3.98. The Morgan fingerprint density at radius 2 is 1.12 bits per heavy atom. The number of hydrogen-bond donors (Lipinski definition) is 4. The van der Waals surface area contributed by atoms with Crippen molar-refractivity contribution < 1.29 is 32.8 Å². The summed E-state index contributed by atoms with van der Waals surface area (Å²) in [5, 5.41) is 15.8. The van der Waals surface area contributed by atoms with Crippen molar-refractivity contribution in [2.45, 2.75) is 84.0 Å². The Balaban J connectivity index is 0. The zero-order valence-corrected chi connectivity index (χ0v) is 15.9. The van der Waals surface area contributed by atoms with Gasteiger partial charge >= 0.3 is 22.2 Å². The van der Waals surface area contributed by atoms with E-state index >= 15 is 0 Å². The van der Waals surface area contributed by atoms with Gasteiger partial charge in [-0.3, -0.25) is 14.1 Å². The lowest BCUT2D eigenvalue weighted by molar-refractivity contribution is -0.143. The first-order valence-corrected chi connectivity index (χ1v) is 10.3. The topological polar surface area (TPSA) is 141 Å². The van der Waals surface area contributed by atoms with Crippen LogP contribution in [0.1, 0.15) is 84.0 Å². The SMILES string of the molecule is CCCCCCCCCCCCNS(=O)(=O)O.O=C(O)CCC(=O)O. The van der Waals surface area contributed by atoms with Gasteiger partial charge in [0.1, 0.15) is 0 Å². The Kier molecular flexibility index (Phi) is 18.4. The van der Waals surface area contributed by atoms with E-state index in [0.29, 0.717) is 6.54 Å². The molecule has 0 heterocycles. The maximum absolute atomic E-state index is 10.3. The first kappa shape index (κ1) is 26.0. The molecule has 150 valence electrons. The molecule has 0 rings (SSSR count).